The van der Waals surface area contributed by atoms with Gasteiger partial charge in [-0.1, -0.05) is 183 Å². The molecule has 0 spiro atoms. The topological polar surface area (TPSA) is 9.72 Å². The van der Waals surface area contributed by atoms with Crippen molar-refractivity contribution >= 4 is 72.7 Å². The van der Waals surface area contributed by atoms with Crippen LogP contribution in [-0.2, 0) is 5.41 Å². The van der Waals surface area contributed by atoms with Gasteiger partial charge in [-0.3, -0.25) is 0 Å². The lowest BCUT2D eigenvalue weighted by Gasteiger charge is -2.34. The fourth-order valence-electron chi connectivity index (χ4n) is 11.7. The third kappa shape index (κ3) is 9.04. The van der Waals surface area contributed by atoms with E-state index in [1.54, 1.807) is 0 Å². The van der Waals surface area contributed by atoms with E-state index in [1.165, 1.54) is 66.4 Å². The molecule has 0 radical (unpaired) electrons. The van der Waals surface area contributed by atoms with Crippen LogP contribution in [0.2, 0.25) is 0 Å². The molecule has 0 fully saturated rings. The van der Waals surface area contributed by atoms with Crippen molar-refractivity contribution in [3.8, 4) is 11.1 Å². The first kappa shape index (κ1) is 50.3. The van der Waals surface area contributed by atoms with Crippen LogP contribution in [0.15, 0.2) is 200 Å². The van der Waals surface area contributed by atoms with Crippen molar-refractivity contribution in [2.24, 2.45) is 0 Å². The highest BCUT2D eigenvalue weighted by Gasteiger charge is 2.37. The Morgan fingerprint density at radius 3 is 1.03 bits per heavy atom. The minimum Gasteiger partial charge on any atom is -0.310 e. The molecule has 0 heterocycles. The summed E-state index contributed by atoms with van der Waals surface area (Å²) in [5, 5.41) is 4.70. The Hall–Kier alpha value is -7.88. The predicted octanol–water partition coefficient (Wildman–Crippen LogP) is 21.8. The molecule has 0 aromatic heterocycles. The van der Waals surface area contributed by atoms with Crippen LogP contribution in [0.4, 0.5) is 51.2 Å². The molecular weight excluding hydrogens is 919 g/mol. The van der Waals surface area contributed by atoms with Crippen LogP contribution >= 0.6 is 0 Å². The molecule has 10 aromatic carbocycles. The molecule has 0 saturated carbocycles. The number of benzene rings is 10. The van der Waals surface area contributed by atoms with E-state index in [0.29, 0.717) is 23.7 Å². The number of aryl methyl sites for hydroxylation is 2. The van der Waals surface area contributed by atoms with Gasteiger partial charge >= 0.3 is 0 Å². The summed E-state index contributed by atoms with van der Waals surface area (Å²) in [4.78, 5) is 7.55. The molecule has 3 heteroatoms. The molecule has 0 N–H and O–H groups in total. The summed E-state index contributed by atoms with van der Waals surface area (Å²) in [6.45, 7) is 27.4. The highest BCUT2D eigenvalue weighted by molar-refractivity contribution is 6.25. The van der Waals surface area contributed by atoms with Gasteiger partial charge in [0.15, 0.2) is 0 Å². The Morgan fingerprint density at radius 2 is 0.618 bits per heavy atom. The average Bonchev–Trinajstić information content (AvgIpc) is 3.73. The lowest BCUT2D eigenvalue weighted by Crippen LogP contribution is -2.17. The first-order valence-electron chi connectivity index (χ1n) is 27.7. The van der Waals surface area contributed by atoms with E-state index in [9.17, 15) is 0 Å². The van der Waals surface area contributed by atoms with Crippen LogP contribution in [0.1, 0.15) is 137 Å². The van der Waals surface area contributed by atoms with Gasteiger partial charge in [-0.2, -0.15) is 0 Å². The third-order valence-electron chi connectivity index (χ3n) is 16.3. The molecule has 0 saturated heterocycles. The minimum absolute atomic E-state index is 0.235. The molecule has 3 nitrogen and oxygen atoms in total. The van der Waals surface area contributed by atoms with Crippen LogP contribution in [0.25, 0.3) is 32.7 Å². The van der Waals surface area contributed by atoms with E-state index in [2.05, 4.69) is 298 Å². The van der Waals surface area contributed by atoms with Crippen LogP contribution < -0.4 is 14.7 Å². The number of nitrogens with zero attached hydrogens (tertiary/aromatic N) is 3. The van der Waals surface area contributed by atoms with Crippen LogP contribution in [0.5, 0.6) is 0 Å². The molecule has 11 rings (SSSR count). The van der Waals surface area contributed by atoms with Crippen molar-refractivity contribution in [2.45, 2.75) is 112 Å². The van der Waals surface area contributed by atoms with Gasteiger partial charge in [-0.25, -0.2) is 0 Å². The molecule has 1 aliphatic carbocycles. The number of hydrogen-bond donors (Lipinski definition) is 0. The molecule has 10 aromatic rings. The summed E-state index contributed by atoms with van der Waals surface area (Å²) >= 11 is 0. The Labute approximate surface area is 453 Å². The Kier molecular flexibility index (Phi) is 13.2. The normalized spacial score (nSPS) is 12.8. The van der Waals surface area contributed by atoms with Crippen LogP contribution in [0.3, 0.4) is 0 Å². The maximum Gasteiger partial charge on any atom is 0.0620 e. The zero-order valence-electron chi connectivity index (χ0n) is 46.7. The van der Waals surface area contributed by atoms with Gasteiger partial charge in [-0.15, -0.1) is 0 Å². The van der Waals surface area contributed by atoms with Gasteiger partial charge in [-0.05, 0) is 179 Å². The Bertz CT molecular complexity index is 3560. The van der Waals surface area contributed by atoms with Crippen LogP contribution in [-0.4, -0.2) is 0 Å². The lowest BCUT2D eigenvalue weighted by molar-refractivity contribution is 0.661. The fraction of sp³-hybridized carbons (Fsp3) is 0.233. The Balaban J connectivity index is 1.34. The van der Waals surface area contributed by atoms with Crippen molar-refractivity contribution in [1.29, 1.82) is 0 Å². The molecule has 0 atom stereocenters. The van der Waals surface area contributed by atoms with Crippen LogP contribution in [0, 0.1) is 13.8 Å². The second-order valence-electron chi connectivity index (χ2n) is 23.2. The molecule has 1 aliphatic rings. The molecule has 76 heavy (non-hydrogen) atoms. The minimum atomic E-state index is -0.235. The maximum atomic E-state index is 2.57. The molecule has 0 amide bonds. The van der Waals surface area contributed by atoms with E-state index in [1.807, 2.05) is 0 Å². The van der Waals surface area contributed by atoms with Crippen molar-refractivity contribution in [3.63, 3.8) is 0 Å². The second-order valence-corrected chi connectivity index (χ2v) is 23.2. The third-order valence-corrected chi connectivity index (χ3v) is 16.3. The highest BCUT2D eigenvalue weighted by Crippen LogP contribution is 2.57. The molecule has 0 aliphatic heterocycles. The highest BCUT2D eigenvalue weighted by atomic mass is 15.2. The number of anilines is 9. The molecule has 0 unspecified atom stereocenters. The van der Waals surface area contributed by atoms with E-state index in [-0.39, 0.29) is 5.41 Å². The Morgan fingerprint density at radius 1 is 0.289 bits per heavy atom. The summed E-state index contributed by atoms with van der Waals surface area (Å²) in [7, 11) is 0. The smallest absolute Gasteiger partial charge is 0.0620 e. The second kappa shape index (κ2) is 20.0. The van der Waals surface area contributed by atoms with Crippen molar-refractivity contribution in [1.82, 2.24) is 0 Å². The van der Waals surface area contributed by atoms with Crippen molar-refractivity contribution < 1.29 is 0 Å². The first-order valence-corrected chi connectivity index (χ1v) is 27.7. The summed E-state index contributed by atoms with van der Waals surface area (Å²) < 4.78 is 0. The van der Waals surface area contributed by atoms with Gasteiger partial charge in [0.2, 0.25) is 0 Å². The molecular formula is C73H73N3. The fourth-order valence-corrected chi connectivity index (χ4v) is 11.7. The van der Waals surface area contributed by atoms with Crippen molar-refractivity contribution in [3.05, 3.63) is 245 Å². The average molecular weight is 992 g/mol. The summed E-state index contributed by atoms with van der Waals surface area (Å²) in [5.74, 6) is 1.59. The van der Waals surface area contributed by atoms with Crippen molar-refractivity contribution in [2.75, 3.05) is 14.7 Å². The van der Waals surface area contributed by atoms with E-state index in [4.69, 9.17) is 0 Å². The van der Waals surface area contributed by atoms with Gasteiger partial charge in [0.1, 0.15) is 0 Å². The zero-order valence-corrected chi connectivity index (χ0v) is 46.7. The first-order chi connectivity index (χ1) is 36.6. The molecule has 0 bridgehead atoms. The van der Waals surface area contributed by atoms with E-state index in [0.717, 1.165) is 62.0 Å². The molecule has 380 valence electrons. The van der Waals surface area contributed by atoms with E-state index >= 15 is 0 Å². The van der Waals surface area contributed by atoms with E-state index < -0.39 is 0 Å². The summed E-state index contributed by atoms with van der Waals surface area (Å²) in [6.07, 6.45) is 0. The number of hydrogen-bond acceptors (Lipinski definition) is 3. The van der Waals surface area contributed by atoms with Gasteiger partial charge < -0.3 is 14.7 Å². The summed E-state index contributed by atoms with van der Waals surface area (Å²) in [5.41, 5.74) is 22.9. The predicted molar refractivity (Wildman–Crippen MR) is 329 cm³/mol. The van der Waals surface area contributed by atoms with Gasteiger partial charge in [0.25, 0.3) is 0 Å². The van der Waals surface area contributed by atoms with Gasteiger partial charge in [0.05, 0.1) is 11.4 Å². The lowest BCUT2D eigenvalue weighted by atomic mass is 9.81. The standard InChI is InChI=1S/C73H73N3/c1-46(2)52-21-33-58(34-22-52)75(59-35-23-53(24-36-59)47(3)4)71-64-42-41-62(74(56-29-17-50(9)18-30-56)57-31-19-51(10)20-32-57)43-66(64)72(67-44-65-63-15-13-14-16-69(63)73(11,12)70(65)45-68(67)71)76(60-37-25-54(26-38-60)48(5)6)61-39-27-55(28-40-61)49(7)8/h13-49H,1-12H3. The SMILES string of the molecule is Cc1ccc(N(c2ccc(C)cc2)c2ccc3c(N(c4ccc(C(C)C)cc4)c4ccc(C(C)C)cc4)c4cc5c(cc4c(N(c4ccc(C(C)C)cc4)c4ccc(C(C)C)cc4)c3c2)-c2ccccc2C5(C)C)cc1. The summed E-state index contributed by atoms with van der Waals surface area (Å²) in [6, 6.07) is 76.8. The number of fused-ring (bicyclic) bond motifs is 5. The largest absolute Gasteiger partial charge is 0.310 e. The zero-order chi connectivity index (χ0) is 53.2. The quantitative estimate of drug-likeness (QED) is 0.0842. The monoisotopic (exact) mass is 992 g/mol. The number of rotatable bonds is 13. The van der Waals surface area contributed by atoms with Gasteiger partial charge in [0, 0.05) is 66.8 Å². The maximum absolute atomic E-state index is 2.57.